The smallest absolute Gasteiger partial charge is 0.261 e. The Bertz CT molecular complexity index is 975. The van der Waals surface area contributed by atoms with Gasteiger partial charge in [-0.25, -0.2) is 9.37 Å². The number of aryl methyl sites for hydroxylation is 1. The summed E-state index contributed by atoms with van der Waals surface area (Å²) in [5.41, 5.74) is 2.41. The molecule has 0 amide bonds. The summed E-state index contributed by atoms with van der Waals surface area (Å²) in [6.07, 6.45) is 1.78. The van der Waals surface area contributed by atoms with Crippen LogP contribution < -0.4 is 10.5 Å². The van der Waals surface area contributed by atoms with E-state index in [1.54, 1.807) is 12.1 Å². The van der Waals surface area contributed by atoms with Crippen molar-refractivity contribution in [3.05, 3.63) is 64.5 Å². The molecule has 4 nitrogen and oxygen atoms in total. The Hall–Kier alpha value is -2.69. The molecule has 0 aliphatic rings. The first-order valence-electron chi connectivity index (χ1n) is 8.98. The highest BCUT2D eigenvalue weighted by molar-refractivity contribution is 5.83. The van der Waals surface area contributed by atoms with E-state index in [4.69, 9.17) is 0 Å². The summed E-state index contributed by atoms with van der Waals surface area (Å²) in [7, 11) is 1.90. The minimum Gasteiger partial charge on any atom is -0.345 e. The second-order valence-electron chi connectivity index (χ2n) is 6.54. The molecular formula is C21H24FN3O. The van der Waals surface area contributed by atoms with E-state index in [1.807, 2.05) is 41.6 Å². The molecule has 2 aromatic carbocycles. The van der Waals surface area contributed by atoms with Crippen LogP contribution in [0.5, 0.6) is 0 Å². The van der Waals surface area contributed by atoms with Crippen molar-refractivity contribution in [3.63, 3.8) is 0 Å². The van der Waals surface area contributed by atoms with Gasteiger partial charge in [0.05, 0.1) is 10.9 Å². The van der Waals surface area contributed by atoms with Crippen LogP contribution in [0.3, 0.4) is 0 Å². The number of rotatable bonds is 5. The maximum atomic E-state index is 13.2. The summed E-state index contributed by atoms with van der Waals surface area (Å²) in [5.74, 6) is 0.476. The number of anilines is 2. The highest BCUT2D eigenvalue weighted by Gasteiger charge is 2.15. The van der Waals surface area contributed by atoms with Gasteiger partial charge in [-0.15, -0.1) is 0 Å². The van der Waals surface area contributed by atoms with Crippen molar-refractivity contribution in [1.29, 1.82) is 0 Å². The summed E-state index contributed by atoms with van der Waals surface area (Å²) in [5, 5.41) is 0.606. The Kier molecular flexibility index (Phi) is 5.07. The zero-order valence-corrected chi connectivity index (χ0v) is 15.7. The maximum Gasteiger partial charge on any atom is 0.261 e. The lowest BCUT2D eigenvalue weighted by Crippen LogP contribution is -2.27. The maximum absolute atomic E-state index is 13.2. The molecule has 0 unspecified atom stereocenters. The van der Waals surface area contributed by atoms with Gasteiger partial charge in [-0.2, -0.15) is 0 Å². The molecule has 0 radical (unpaired) electrons. The molecule has 5 heteroatoms. The van der Waals surface area contributed by atoms with Crippen LogP contribution >= 0.6 is 0 Å². The number of hydrogen-bond acceptors (Lipinski definition) is 3. The van der Waals surface area contributed by atoms with Crippen molar-refractivity contribution in [2.45, 2.75) is 39.7 Å². The van der Waals surface area contributed by atoms with Gasteiger partial charge in [-0.1, -0.05) is 13.8 Å². The van der Waals surface area contributed by atoms with Crippen molar-refractivity contribution in [2.24, 2.45) is 0 Å². The molecule has 0 saturated heterocycles. The van der Waals surface area contributed by atoms with Crippen molar-refractivity contribution in [1.82, 2.24) is 9.55 Å². The van der Waals surface area contributed by atoms with Crippen LogP contribution in [0.4, 0.5) is 15.8 Å². The monoisotopic (exact) mass is 353 g/mol. The van der Waals surface area contributed by atoms with Gasteiger partial charge in [0.1, 0.15) is 11.6 Å². The summed E-state index contributed by atoms with van der Waals surface area (Å²) in [6, 6.07) is 12.1. The summed E-state index contributed by atoms with van der Waals surface area (Å²) < 4.78 is 15.0. The first kappa shape index (κ1) is 18.1. The van der Waals surface area contributed by atoms with Crippen LogP contribution in [0, 0.1) is 12.7 Å². The van der Waals surface area contributed by atoms with Gasteiger partial charge >= 0.3 is 0 Å². The van der Waals surface area contributed by atoms with Gasteiger partial charge in [0.15, 0.2) is 0 Å². The highest BCUT2D eigenvalue weighted by Crippen LogP contribution is 2.26. The molecular weight excluding hydrogens is 329 g/mol. The zero-order chi connectivity index (χ0) is 18.8. The molecule has 0 aliphatic carbocycles. The van der Waals surface area contributed by atoms with Crippen LogP contribution in [-0.2, 0) is 0 Å². The van der Waals surface area contributed by atoms with E-state index in [9.17, 15) is 9.18 Å². The molecule has 3 rings (SSSR count). The lowest BCUT2D eigenvalue weighted by Gasteiger charge is -2.22. The number of halogens is 1. The highest BCUT2D eigenvalue weighted by atomic mass is 19.1. The molecule has 0 fully saturated rings. The number of nitrogens with zero attached hydrogens (tertiary/aromatic N) is 3. The fraction of sp³-hybridized carbons (Fsp3) is 0.333. The number of benzene rings is 2. The molecule has 0 atom stereocenters. The Balaban J connectivity index is 2.13. The van der Waals surface area contributed by atoms with Crippen molar-refractivity contribution >= 4 is 22.3 Å². The molecule has 1 heterocycles. The number of fused-ring (bicyclic) bond motifs is 1. The van der Waals surface area contributed by atoms with Gasteiger partial charge in [-0.05, 0) is 62.2 Å². The normalized spacial score (nSPS) is 11.3. The summed E-state index contributed by atoms with van der Waals surface area (Å²) in [6.45, 7) is 6.06. The minimum absolute atomic E-state index is 0.00411. The van der Waals surface area contributed by atoms with E-state index in [0.29, 0.717) is 10.9 Å². The molecule has 3 aromatic rings. The third kappa shape index (κ3) is 3.21. The van der Waals surface area contributed by atoms with Crippen LogP contribution in [-0.4, -0.2) is 16.6 Å². The number of hydrogen-bond donors (Lipinski definition) is 0. The lowest BCUT2D eigenvalue weighted by molar-refractivity contribution is 0.445. The van der Waals surface area contributed by atoms with Gasteiger partial charge < -0.3 is 4.90 Å². The first-order valence-corrected chi connectivity index (χ1v) is 8.98. The van der Waals surface area contributed by atoms with Crippen LogP contribution in [0.1, 0.15) is 38.6 Å². The van der Waals surface area contributed by atoms with E-state index in [0.717, 1.165) is 30.0 Å². The SMILES string of the molecule is CCC(CC)n1c(C)nc2ccc(N(C)c3ccc(F)cc3)cc2c1=O. The average Bonchev–Trinajstić information content (AvgIpc) is 2.65. The van der Waals surface area contributed by atoms with Gasteiger partial charge in [0, 0.05) is 24.5 Å². The van der Waals surface area contributed by atoms with Gasteiger partial charge in [0.25, 0.3) is 5.56 Å². The zero-order valence-electron chi connectivity index (χ0n) is 15.7. The topological polar surface area (TPSA) is 38.1 Å². The molecule has 0 bridgehead atoms. The molecule has 26 heavy (non-hydrogen) atoms. The number of aromatic nitrogens is 2. The molecule has 0 saturated carbocycles. The lowest BCUT2D eigenvalue weighted by atomic mass is 10.1. The molecule has 136 valence electrons. The Morgan fingerprint density at radius 2 is 1.69 bits per heavy atom. The Morgan fingerprint density at radius 3 is 2.31 bits per heavy atom. The van der Waals surface area contributed by atoms with E-state index in [-0.39, 0.29) is 17.4 Å². The fourth-order valence-corrected chi connectivity index (χ4v) is 3.40. The minimum atomic E-state index is -0.270. The van der Waals surface area contributed by atoms with E-state index in [2.05, 4.69) is 18.8 Å². The molecule has 1 aromatic heterocycles. The standard InChI is InChI=1S/C21H24FN3O/c1-5-16(6-2)25-14(3)23-20-12-11-18(13-19(20)21(25)26)24(4)17-9-7-15(22)8-10-17/h7-13,16H,5-6H2,1-4H3. The van der Waals surface area contributed by atoms with E-state index >= 15 is 0 Å². The summed E-state index contributed by atoms with van der Waals surface area (Å²) in [4.78, 5) is 19.7. The van der Waals surface area contributed by atoms with E-state index < -0.39 is 0 Å². The largest absolute Gasteiger partial charge is 0.345 e. The van der Waals surface area contributed by atoms with Crippen LogP contribution in [0.15, 0.2) is 47.3 Å². The quantitative estimate of drug-likeness (QED) is 0.650. The first-order chi connectivity index (χ1) is 12.5. The second-order valence-corrected chi connectivity index (χ2v) is 6.54. The van der Waals surface area contributed by atoms with Gasteiger partial charge in [-0.3, -0.25) is 9.36 Å². The average molecular weight is 353 g/mol. The molecule has 0 N–H and O–H groups in total. The van der Waals surface area contributed by atoms with E-state index in [1.165, 1.54) is 12.1 Å². The second kappa shape index (κ2) is 7.28. The fourth-order valence-electron chi connectivity index (χ4n) is 3.40. The van der Waals surface area contributed by atoms with Crippen molar-refractivity contribution in [3.8, 4) is 0 Å². The predicted molar refractivity (Wildman–Crippen MR) is 105 cm³/mol. The summed E-state index contributed by atoms with van der Waals surface area (Å²) >= 11 is 0. The van der Waals surface area contributed by atoms with Crippen LogP contribution in [0.25, 0.3) is 10.9 Å². The van der Waals surface area contributed by atoms with Crippen LogP contribution in [0.2, 0.25) is 0 Å². The Labute approximate surface area is 152 Å². The third-order valence-corrected chi connectivity index (χ3v) is 4.97. The Morgan fingerprint density at radius 1 is 1.08 bits per heavy atom. The predicted octanol–water partition coefficient (Wildman–Crippen LogP) is 4.97. The third-order valence-electron chi connectivity index (χ3n) is 4.97. The molecule has 0 aliphatic heterocycles. The van der Waals surface area contributed by atoms with Gasteiger partial charge in [0.2, 0.25) is 0 Å². The molecule has 0 spiro atoms. The van der Waals surface area contributed by atoms with Crippen molar-refractivity contribution < 1.29 is 4.39 Å². The van der Waals surface area contributed by atoms with Crippen molar-refractivity contribution in [2.75, 3.05) is 11.9 Å².